The lowest BCUT2D eigenvalue weighted by Gasteiger charge is -2.21. The van der Waals surface area contributed by atoms with Gasteiger partial charge in [-0.25, -0.2) is 0 Å². The van der Waals surface area contributed by atoms with Crippen molar-refractivity contribution in [2.75, 3.05) is 6.54 Å². The fourth-order valence-electron chi connectivity index (χ4n) is 2.54. The maximum atomic E-state index is 5.97. The number of halogens is 1. The first-order chi connectivity index (χ1) is 10.2. The number of hydrogen-bond acceptors (Lipinski definition) is 2. The largest absolute Gasteiger partial charge is 0.310 e. The van der Waals surface area contributed by atoms with Gasteiger partial charge in [0.15, 0.2) is 0 Å². The Morgan fingerprint density at radius 2 is 1.90 bits per heavy atom. The highest BCUT2D eigenvalue weighted by molar-refractivity contribution is 6.30. The SMILES string of the molecule is CCCNC(Cc1ccc(Cl)cc1)c1ccncc1CC. The van der Waals surface area contributed by atoms with Crippen LogP contribution in [0.4, 0.5) is 0 Å². The van der Waals surface area contributed by atoms with E-state index in [2.05, 4.69) is 42.3 Å². The van der Waals surface area contributed by atoms with Gasteiger partial charge in [-0.2, -0.15) is 0 Å². The van der Waals surface area contributed by atoms with Gasteiger partial charge in [-0.1, -0.05) is 37.6 Å². The smallest absolute Gasteiger partial charge is 0.0406 e. The predicted molar refractivity (Wildman–Crippen MR) is 89.8 cm³/mol. The van der Waals surface area contributed by atoms with Crippen LogP contribution in [0.2, 0.25) is 5.02 Å². The third-order valence-corrected chi connectivity index (χ3v) is 3.94. The highest BCUT2D eigenvalue weighted by Gasteiger charge is 2.14. The molecular weight excluding hydrogens is 280 g/mol. The molecule has 0 aliphatic rings. The molecule has 0 radical (unpaired) electrons. The van der Waals surface area contributed by atoms with E-state index in [4.69, 9.17) is 11.6 Å². The van der Waals surface area contributed by atoms with Crippen molar-refractivity contribution >= 4 is 11.6 Å². The Morgan fingerprint density at radius 1 is 1.14 bits per heavy atom. The van der Waals surface area contributed by atoms with Gasteiger partial charge < -0.3 is 5.32 Å². The quantitative estimate of drug-likeness (QED) is 0.809. The molecule has 21 heavy (non-hydrogen) atoms. The molecule has 0 fully saturated rings. The fourth-order valence-corrected chi connectivity index (χ4v) is 2.67. The molecule has 1 N–H and O–H groups in total. The average Bonchev–Trinajstić information content (AvgIpc) is 2.53. The van der Waals surface area contributed by atoms with Crippen LogP contribution in [0.3, 0.4) is 0 Å². The second-order valence-electron chi connectivity index (χ2n) is 5.27. The molecule has 0 amide bonds. The third kappa shape index (κ3) is 4.55. The lowest BCUT2D eigenvalue weighted by atomic mass is 9.95. The molecule has 0 aliphatic carbocycles. The summed E-state index contributed by atoms with van der Waals surface area (Å²) >= 11 is 5.97. The van der Waals surface area contributed by atoms with Crippen LogP contribution in [0.25, 0.3) is 0 Å². The molecule has 3 heteroatoms. The van der Waals surface area contributed by atoms with Gasteiger partial charge in [0.2, 0.25) is 0 Å². The van der Waals surface area contributed by atoms with Crippen molar-refractivity contribution in [3.05, 3.63) is 64.4 Å². The maximum Gasteiger partial charge on any atom is 0.0406 e. The van der Waals surface area contributed by atoms with E-state index < -0.39 is 0 Å². The molecule has 0 spiro atoms. The molecule has 0 bridgehead atoms. The monoisotopic (exact) mass is 302 g/mol. The minimum atomic E-state index is 0.323. The lowest BCUT2D eigenvalue weighted by molar-refractivity contribution is 0.525. The van der Waals surface area contributed by atoms with Crippen molar-refractivity contribution in [3.8, 4) is 0 Å². The average molecular weight is 303 g/mol. The van der Waals surface area contributed by atoms with Crippen LogP contribution < -0.4 is 5.32 Å². The molecule has 1 aromatic carbocycles. The molecule has 1 heterocycles. The van der Waals surface area contributed by atoms with E-state index in [1.165, 1.54) is 16.7 Å². The number of nitrogens with zero attached hydrogens (tertiary/aromatic N) is 1. The summed E-state index contributed by atoms with van der Waals surface area (Å²) in [5.74, 6) is 0. The summed E-state index contributed by atoms with van der Waals surface area (Å²) in [5, 5.41) is 4.45. The van der Waals surface area contributed by atoms with Gasteiger partial charge in [0.05, 0.1) is 0 Å². The topological polar surface area (TPSA) is 24.9 Å². The van der Waals surface area contributed by atoms with E-state index in [0.717, 1.165) is 30.8 Å². The van der Waals surface area contributed by atoms with Crippen LogP contribution in [0.5, 0.6) is 0 Å². The molecule has 2 rings (SSSR count). The molecule has 0 saturated heterocycles. The Hall–Kier alpha value is -1.38. The first kappa shape index (κ1) is 16.0. The van der Waals surface area contributed by atoms with Gasteiger partial charge in [0.25, 0.3) is 0 Å². The molecule has 1 unspecified atom stereocenters. The molecule has 2 aromatic rings. The summed E-state index contributed by atoms with van der Waals surface area (Å²) in [5.41, 5.74) is 3.97. The zero-order chi connectivity index (χ0) is 15.1. The van der Waals surface area contributed by atoms with Gasteiger partial charge in [-0.15, -0.1) is 0 Å². The summed E-state index contributed by atoms with van der Waals surface area (Å²) in [6.45, 7) is 5.39. The first-order valence-electron chi connectivity index (χ1n) is 7.65. The number of aryl methyl sites for hydroxylation is 1. The van der Waals surface area contributed by atoms with Gasteiger partial charge in [0.1, 0.15) is 0 Å². The Kier molecular flexibility index (Phi) is 6.21. The zero-order valence-corrected chi connectivity index (χ0v) is 13.5. The van der Waals surface area contributed by atoms with E-state index in [-0.39, 0.29) is 0 Å². The second-order valence-corrected chi connectivity index (χ2v) is 5.70. The number of rotatable bonds is 7. The van der Waals surface area contributed by atoms with E-state index >= 15 is 0 Å². The molecule has 2 nitrogen and oxygen atoms in total. The normalized spacial score (nSPS) is 12.3. The van der Waals surface area contributed by atoms with E-state index in [1.807, 2.05) is 24.5 Å². The summed E-state index contributed by atoms with van der Waals surface area (Å²) in [4.78, 5) is 4.25. The highest BCUT2D eigenvalue weighted by atomic mass is 35.5. The fraction of sp³-hybridized carbons (Fsp3) is 0.389. The van der Waals surface area contributed by atoms with Crippen molar-refractivity contribution in [2.45, 2.75) is 39.2 Å². The second kappa shape index (κ2) is 8.16. The Bertz CT molecular complexity index is 551. The minimum absolute atomic E-state index is 0.323. The Morgan fingerprint density at radius 3 is 2.57 bits per heavy atom. The minimum Gasteiger partial charge on any atom is -0.310 e. The van der Waals surface area contributed by atoms with Crippen LogP contribution in [0.15, 0.2) is 42.7 Å². The van der Waals surface area contributed by atoms with Crippen LogP contribution in [-0.2, 0) is 12.8 Å². The first-order valence-corrected chi connectivity index (χ1v) is 8.03. The molecule has 112 valence electrons. The standard InChI is InChI=1S/C18H23ClN2/c1-3-10-21-18(12-14-5-7-16(19)8-6-14)17-9-11-20-13-15(17)4-2/h5-9,11,13,18,21H,3-4,10,12H2,1-2H3. The zero-order valence-electron chi connectivity index (χ0n) is 12.8. The van der Waals surface area contributed by atoms with Gasteiger partial charge >= 0.3 is 0 Å². The predicted octanol–water partition coefficient (Wildman–Crippen LogP) is 4.58. The van der Waals surface area contributed by atoms with Gasteiger partial charge in [0, 0.05) is 23.5 Å². The van der Waals surface area contributed by atoms with Crippen molar-refractivity contribution in [3.63, 3.8) is 0 Å². The number of pyridine rings is 1. The Labute approximate surface area is 132 Å². The molecule has 0 saturated carbocycles. The highest BCUT2D eigenvalue weighted by Crippen LogP contribution is 2.23. The number of hydrogen-bond donors (Lipinski definition) is 1. The molecule has 1 aromatic heterocycles. The summed E-state index contributed by atoms with van der Waals surface area (Å²) in [7, 11) is 0. The summed E-state index contributed by atoms with van der Waals surface area (Å²) < 4.78 is 0. The summed E-state index contributed by atoms with van der Waals surface area (Å²) in [6.07, 6.45) is 6.97. The summed E-state index contributed by atoms with van der Waals surface area (Å²) in [6, 6.07) is 10.6. The van der Waals surface area contributed by atoms with E-state index in [0.29, 0.717) is 6.04 Å². The lowest BCUT2D eigenvalue weighted by Crippen LogP contribution is -2.25. The van der Waals surface area contributed by atoms with Crippen molar-refractivity contribution in [2.24, 2.45) is 0 Å². The van der Waals surface area contributed by atoms with Gasteiger partial charge in [-0.3, -0.25) is 4.98 Å². The van der Waals surface area contributed by atoms with Crippen molar-refractivity contribution in [1.29, 1.82) is 0 Å². The molecular formula is C18H23ClN2. The van der Waals surface area contributed by atoms with E-state index in [9.17, 15) is 0 Å². The number of aromatic nitrogens is 1. The molecule has 0 aliphatic heterocycles. The van der Waals surface area contributed by atoms with Crippen LogP contribution in [0, 0.1) is 0 Å². The van der Waals surface area contributed by atoms with Crippen LogP contribution in [0.1, 0.15) is 43.0 Å². The van der Waals surface area contributed by atoms with Crippen molar-refractivity contribution < 1.29 is 0 Å². The Balaban J connectivity index is 2.23. The maximum absolute atomic E-state index is 5.97. The third-order valence-electron chi connectivity index (χ3n) is 3.69. The van der Waals surface area contributed by atoms with Crippen LogP contribution in [-0.4, -0.2) is 11.5 Å². The van der Waals surface area contributed by atoms with Crippen LogP contribution >= 0.6 is 11.6 Å². The van der Waals surface area contributed by atoms with Crippen molar-refractivity contribution in [1.82, 2.24) is 10.3 Å². The number of benzene rings is 1. The van der Waals surface area contributed by atoms with E-state index in [1.54, 1.807) is 0 Å². The molecule has 1 atom stereocenters. The number of nitrogens with one attached hydrogen (secondary N) is 1. The van der Waals surface area contributed by atoms with Gasteiger partial charge in [-0.05, 0) is 60.7 Å².